The highest BCUT2D eigenvalue weighted by Gasteiger charge is 2.35. The molecule has 25 heavy (non-hydrogen) atoms. The largest absolute Gasteiger partial charge is 0.355 e. The third-order valence-electron chi connectivity index (χ3n) is 4.79. The van der Waals surface area contributed by atoms with Gasteiger partial charge in [-0.15, -0.1) is 0 Å². The topological polar surface area (TPSA) is 49.4 Å². The normalized spacial score (nSPS) is 18.2. The number of nitrogens with one attached hydrogen (secondary N) is 1. The number of carbonyl (C=O) groups excluding carboxylic acids is 2. The van der Waals surface area contributed by atoms with Gasteiger partial charge in [0.05, 0.1) is 5.92 Å². The van der Waals surface area contributed by atoms with E-state index in [2.05, 4.69) is 24.4 Å². The number of rotatable bonds is 5. The number of anilines is 1. The Morgan fingerprint density at radius 2 is 1.84 bits per heavy atom. The number of nitrogens with zero attached hydrogens (tertiary/aromatic N) is 1. The van der Waals surface area contributed by atoms with Gasteiger partial charge in [-0.25, -0.2) is 0 Å². The van der Waals surface area contributed by atoms with Crippen LogP contribution in [0.25, 0.3) is 0 Å². The van der Waals surface area contributed by atoms with Crippen LogP contribution in [-0.4, -0.2) is 24.9 Å². The molecule has 1 saturated heterocycles. The molecular weight excluding hydrogens is 312 g/mol. The molecule has 0 unspecified atom stereocenters. The molecule has 130 valence electrons. The lowest BCUT2D eigenvalue weighted by atomic mass is 10.0. The number of benzene rings is 2. The maximum Gasteiger partial charge on any atom is 0.227 e. The van der Waals surface area contributed by atoms with Gasteiger partial charge in [0.1, 0.15) is 0 Å². The molecule has 2 atom stereocenters. The molecule has 1 fully saturated rings. The van der Waals surface area contributed by atoms with Crippen molar-refractivity contribution in [3.63, 3.8) is 0 Å². The Morgan fingerprint density at radius 1 is 1.16 bits per heavy atom. The minimum Gasteiger partial charge on any atom is -0.355 e. The Labute approximate surface area is 148 Å². The summed E-state index contributed by atoms with van der Waals surface area (Å²) >= 11 is 0. The molecule has 1 aliphatic heterocycles. The van der Waals surface area contributed by atoms with Gasteiger partial charge in [0.15, 0.2) is 0 Å². The molecular formula is C21H24N2O2. The maximum atomic E-state index is 12.5. The summed E-state index contributed by atoms with van der Waals surface area (Å²) in [5, 5.41) is 3.01. The summed E-state index contributed by atoms with van der Waals surface area (Å²) in [7, 11) is 0. The van der Waals surface area contributed by atoms with Crippen LogP contribution in [0.3, 0.4) is 0 Å². The monoisotopic (exact) mass is 336 g/mol. The fraction of sp³-hybridized carbons (Fsp3) is 0.333. The molecule has 4 heteroatoms. The zero-order chi connectivity index (χ0) is 17.8. The van der Waals surface area contributed by atoms with Crippen LogP contribution in [-0.2, 0) is 9.59 Å². The van der Waals surface area contributed by atoms with Crippen molar-refractivity contribution in [1.82, 2.24) is 5.32 Å². The van der Waals surface area contributed by atoms with Gasteiger partial charge in [0.2, 0.25) is 11.8 Å². The van der Waals surface area contributed by atoms with Gasteiger partial charge < -0.3 is 10.2 Å². The Hall–Kier alpha value is -2.62. The minimum atomic E-state index is -0.281. The number of carbonyl (C=O) groups is 2. The third kappa shape index (κ3) is 4.08. The van der Waals surface area contributed by atoms with Crippen molar-refractivity contribution in [2.75, 3.05) is 18.0 Å². The molecule has 0 aliphatic carbocycles. The van der Waals surface area contributed by atoms with E-state index in [9.17, 15) is 9.59 Å². The second-order valence-electron chi connectivity index (χ2n) is 6.80. The van der Waals surface area contributed by atoms with Crippen molar-refractivity contribution >= 4 is 17.5 Å². The van der Waals surface area contributed by atoms with Crippen LogP contribution >= 0.6 is 0 Å². The second-order valence-corrected chi connectivity index (χ2v) is 6.80. The van der Waals surface area contributed by atoms with Crippen molar-refractivity contribution in [3.8, 4) is 0 Å². The predicted molar refractivity (Wildman–Crippen MR) is 99.5 cm³/mol. The van der Waals surface area contributed by atoms with E-state index < -0.39 is 0 Å². The Bertz CT molecular complexity index is 740. The van der Waals surface area contributed by atoms with Gasteiger partial charge in [-0.3, -0.25) is 9.59 Å². The molecule has 2 aromatic carbocycles. The van der Waals surface area contributed by atoms with E-state index in [1.165, 1.54) is 5.56 Å². The Morgan fingerprint density at radius 3 is 2.52 bits per heavy atom. The first-order valence-corrected chi connectivity index (χ1v) is 8.74. The van der Waals surface area contributed by atoms with Crippen molar-refractivity contribution < 1.29 is 9.59 Å². The number of hydrogen-bond acceptors (Lipinski definition) is 2. The molecule has 2 amide bonds. The van der Waals surface area contributed by atoms with E-state index in [1.54, 1.807) is 4.90 Å². The van der Waals surface area contributed by atoms with Gasteiger partial charge >= 0.3 is 0 Å². The van der Waals surface area contributed by atoms with Gasteiger partial charge in [0.25, 0.3) is 0 Å². The zero-order valence-electron chi connectivity index (χ0n) is 14.7. The summed E-state index contributed by atoms with van der Waals surface area (Å²) in [4.78, 5) is 26.5. The summed E-state index contributed by atoms with van der Waals surface area (Å²) in [5.41, 5.74) is 3.22. The molecule has 2 aromatic rings. The quantitative estimate of drug-likeness (QED) is 0.911. The molecule has 1 heterocycles. The molecule has 0 radical (unpaired) electrons. The zero-order valence-corrected chi connectivity index (χ0v) is 14.7. The van der Waals surface area contributed by atoms with E-state index in [0.29, 0.717) is 13.1 Å². The highest BCUT2D eigenvalue weighted by molar-refractivity contribution is 6.00. The molecule has 4 nitrogen and oxygen atoms in total. The van der Waals surface area contributed by atoms with Crippen LogP contribution < -0.4 is 10.2 Å². The fourth-order valence-corrected chi connectivity index (χ4v) is 3.15. The Kier molecular flexibility index (Phi) is 5.17. The number of aryl methyl sites for hydroxylation is 1. The summed E-state index contributed by atoms with van der Waals surface area (Å²) in [6.07, 6.45) is 0.277. The van der Waals surface area contributed by atoms with Gasteiger partial charge in [-0.05, 0) is 30.5 Å². The summed E-state index contributed by atoms with van der Waals surface area (Å²) in [5.74, 6) is -0.0573. The van der Waals surface area contributed by atoms with Crippen LogP contribution in [0.2, 0.25) is 0 Å². The third-order valence-corrected chi connectivity index (χ3v) is 4.79. The van der Waals surface area contributed by atoms with Crippen LogP contribution in [0.1, 0.15) is 30.4 Å². The van der Waals surface area contributed by atoms with Crippen LogP contribution in [0.5, 0.6) is 0 Å². The molecule has 3 rings (SSSR count). The van der Waals surface area contributed by atoms with E-state index in [0.717, 1.165) is 11.3 Å². The van der Waals surface area contributed by atoms with Gasteiger partial charge in [-0.1, -0.05) is 55.0 Å². The van der Waals surface area contributed by atoms with E-state index in [4.69, 9.17) is 0 Å². The van der Waals surface area contributed by atoms with E-state index in [-0.39, 0.29) is 30.1 Å². The molecule has 1 N–H and O–H groups in total. The summed E-state index contributed by atoms with van der Waals surface area (Å²) < 4.78 is 0. The molecule has 0 aromatic heterocycles. The first-order chi connectivity index (χ1) is 12.0. The second kappa shape index (κ2) is 7.51. The van der Waals surface area contributed by atoms with Gasteiger partial charge in [-0.2, -0.15) is 0 Å². The number of amides is 2. The van der Waals surface area contributed by atoms with Crippen LogP contribution in [0.15, 0.2) is 54.6 Å². The SMILES string of the molecule is Cc1ccc(N2C[C@@H](C(=O)NC[C@H](C)c3ccccc3)CC2=O)cc1. The van der Waals surface area contributed by atoms with Crippen LogP contribution in [0, 0.1) is 12.8 Å². The molecule has 1 aliphatic rings. The fourth-order valence-electron chi connectivity index (χ4n) is 3.15. The van der Waals surface area contributed by atoms with Gasteiger partial charge in [0, 0.05) is 25.2 Å². The lowest BCUT2D eigenvalue weighted by Crippen LogP contribution is -2.35. The Balaban J connectivity index is 1.56. The highest BCUT2D eigenvalue weighted by Crippen LogP contribution is 2.25. The average molecular weight is 336 g/mol. The lowest BCUT2D eigenvalue weighted by Gasteiger charge is -2.18. The first kappa shape index (κ1) is 17.2. The summed E-state index contributed by atoms with van der Waals surface area (Å²) in [6, 6.07) is 18.0. The lowest BCUT2D eigenvalue weighted by molar-refractivity contribution is -0.126. The van der Waals surface area contributed by atoms with Crippen molar-refractivity contribution in [2.45, 2.75) is 26.2 Å². The maximum absolute atomic E-state index is 12.5. The summed E-state index contributed by atoms with van der Waals surface area (Å²) in [6.45, 7) is 5.14. The average Bonchev–Trinajstić information content (AvgIpc) is 3.02. The van der Waals surface area contributed by atoms with E-state index >= 15 is 0 Å². The smallest absolute Gasteiger partial charge is 0.227 e. The van der Waals surface area contributed by atoms with Crippen molar-refractivity contribution in [3.05, 3.63) is 65.7 Å². The molecule has 0 saturated carbocycles. The first-order valence-electron chi connectivity index (χ1n) is 8.74. The number of hydrogen-bond donors (Lipinski definition) is 1. The predicted octanol–water partition coefficient (Wildman–Crippen LogP) is 3.27. The highest BCUT2D eigenvalue weighted by atomic mass is 16.2. The molecule has 0 spiro atoms. The van der Waals surface area contributed by atoms with E-state index in [1.807, 2.05) is 49.4 Å². The molecule has 0 bridgehead atoms. The van der Waals surface area contributed by atoms with Crippen molar-refractivity contribution in [1.29, 1.82) is 0 Å². The van der Waals surface area contributed by atoms with Crippen LogP contribution in [0.4, 0.5) is 5.69 Å². The standard InChI is InChI=1S/C21H24N2O2/c1-15-8-10-19(11-9-15)23-14-18(12-20(23)24)21(25)22-13-16(2)17-6-4-3-5-7-17/h3-11,16,18H,12-14H2,1-2H3,(H,22,25)/t16-,18-/m0/s1. The minimum absolute atomic E-state index is 0.0140. The van der Waals surface area contributed by atoms with Crippen molar-refractivity contribution in [2.24, 2.45) is 5.92 Å².